The van der Waals surface area contributed by atoms with Gasteiger partial charge in [-0.15, -0.1) is 21.5 Å². The molecule has 0 fully saturated rings. The zero-order valence-electron chi connectivity index (χ0n) is 18.1. The Morgan fingerprint density at radius 2 is 1.88 bits per heavy atom. The molecular weight excluding hydrogens is 428 g/mol. The Bertz CT molecular complexity index is 1230. The number of carbonyl (C=O) groups is 2. The molecule has 0 spiro atoms. The van der Waals surface area contributed by atoms with Crippen molar-refractivity contribution in [2.45, 2.75) is 40.2 Å². The van der Waals surface area contributed by atoms with E-state index in [0.29, 0.717) is 17.9 Å². The molecule has 2 aromatic heterocycles. The highest BCUT2D eigenvalue weighted by molar-refractivity contribution is 7.18. The van der Waals surface area contributed by atoms with Crippen LogP contribution in [0.5, 0.6) is 0 Å². The lowest BCUT2D eigenvalue weighted by Gasteiger charge is -2.04. The summed E-state index contributed by atoms with van der Waals surface area (Å²) >= 11 is 1.57. The fourth-order valence-corrected chi connectivity index (χ4v) is 3.87. The molecular formula is C23H24N4O4S. The zero-order chi connectivity index (χ0) is 23.1. The van der Waals surface area contributed by atoms with Gasteiger partial charge in [-0.25, -0.2) is 9.78 Å². The number of aromatic carboxylic acids is 1. The molecule has 0 saturated heterocycles. The number of nitrogens with one attached hydrogen (secondary N) is 1. The first-order chi connectivity index (χ1) is 15.5. The summed E-state index contributed by atoms with van der Waals surface area (Å²) in [5, 5.41) is 20.6. The molecule has 0 unspecified atom stereocenters. The minimum atomic E-state index is -1.01. The molecule has 8 nitrogen and oxygen atoms in total. The van der Waals surface area contributed by atoms with Crippen molar-refractivity contribution in [3.8, 4) is 0 Å². The van der Waals surface area contributed by atoms with Crippen molar-refractivity contribution in [3.63, 3.8) is 0 Å². The topological polar surface area (TPSA) is 118 Å². The molecule has 2 aromatic carbocycles. The molecule has 9 heteroatoms. The predicted octanol–water partition coefficient (Wildman–Crippen LogP) is 4.16. The lowest BCUT2D eigenvalue weighted by molar-refractivity contribution is -0.120. The third-order valence-corrected chi connectivity index (χ3v) is 5.41. The Morgan fingerprint density at radius 1 is 1.09 bits per heavy atom. The fourth-order valence-electron chi connectivity index (χ4n) is 2.94. The van der Waals surface area contributed by atoms with E-state index in [-0.39, 0.29) is 30.3 Å². The lowest BCUT2D eigenvalue weighted by atomic mass is 10.1. The number of aromatic nitrogens is 3. The highest BCUT2D eigenvalue weighted by Crippen LogP contribution is 2.24. The predicted molar refractivity (Wildman–Crippen MR) is 122 cm³/mol. The van der Waals surface area contributed by atoms with Gasteiger partial charge in [0, 0.05) is 6.54 Å². The first-order valence-electron chi connectivity index (χ1n) is 10.2. The van der Waals surface area contributed by atoms with E-state index in [0.717, 1.165) is 20.8 Å². The average molecular weight is 453 g/mol. The van der Waals surface area contributed by atoms with Crippen LogP contribution in [0.4, 0.5) is 0 Å². The zero-order valence-corrected chi connectivity index (χ0v) is 18.9. The second kappa shape index (κ2) is 10.6. The van der Waals surface area contributed by atoms with Crippen molar-refractivity contribution in [2.24, 2.45) is 0 Å². The molecule has 4 aromatic rings. The first kappa shape index (κ1) is 23.1. The van der Waals surface area contributed by atoms with E-state index < -0.39 is 5.97 Å². The first-order valence-corrected chi connectivity index (χ1v) is 11.0. The van der Waals surface area contributed by atoms with Crippen molar-refractivity contribution < 1.29 is 19.1 Å². The third-order valence-electron chi connectivity index (χ3n) is 4.37. The van der Waals surface area contributed by atoms with Crippen LogP contribution >= 0.6 is 11.3 Å². The maximum atomic E-state index is 12.2. The van der Waals surface area contributed by atoms with Crippen molar-refractivity contribution >= 4 is 33.4 Å². The number of rotatable bonds is 7. The maximum Gasteiger partial charge on any atom is 0.335 e. The van der Waals surface area contributed by atoms with Gasteiger partial charge in [0.1, 0.15) is 11.4 Å². The summed E-state index contributed by atoms with van der Waals surface area (Å²) in [5.74, 6) is -0.673. The minimum Gasteiger partial charge on any atom is -0.478 e. The number of aryl methyl sites for hydroxylation is 1. The second-order valence-electron chi connectivity index (χ2n) is 6.80. The summed E-state index contributed by atoms with van der Waals surface area (Å²) in [6, 6.07) is 12.5. The van der Waals surface area contributed by atoms with Crippen LogP contribution in [0.3, 0.4) is 0 Å². The number of amides is 1. The van der Waals surface area contributed by atoms with Crippen LogP contribution in [0.2, 0.25) is 0 Å². The van der Waals surface area contributed by atoms with Crippen LogP contribution in [0.25, 0.3) is 10.2 Å². The standard InChI is InChI=1S/C21H18N4O4S.C2H6/c1-12-5-6-16-15(7-12)23-20(30-16)10-19-25-24-18(29-19)9-17(26)22-11-13-3-2-4-14(8-13)21(27)28;1-2/h2-8H,9-11H2,1H3,(H,22,26)(H,27,28);1-2H3. The number of hydrogen-bond acceptors (Lipinski definition) is 7. The monoisotopic (exact) mass is 452 g/mol. The quantitative estimate of drug-likeness (QED) is 0.432. The van der Waals surface area contributed by atoms with E-state index in [1.807, 2.05) is 39.0 Å². The van der Waals surface area contributed by atoms with E-state index >= 15 is 0 Å². The summed E-state index contributed by atoms with van der Waals surface area (Å²) in [6.45, 7) is 6.24. The number of thiazole rings is 1. The van der Waals surface area contributed by atoms with Gasteiger partial charge in [-0.1, -0.05) is 32.0 Å². The van der Waals surface area contributed by atoms with Gasteiger partial charge >= 0.3 is 5.97 Å². The second-order valence-corrected chi connectivity index (χ2v) is 7.92. The maximum absolute atomic E-state index is 12.2. The summed E-state index contributed by atoms with van der Waals surface area (Å²) in [4.78, 5) is 27.8. The van der Waals surface area contributed by atoms with Gasteiger partial charge in [0.05, 0.1) is 22.2 Å². The van der Waals surface area contributed by atoms with Gasteiger partial charge in [-0.2, -0.15) is 0 Å². The van der Waals surface area contributed by atoms with Crippen LogP contribution in [0.15, 0.2) is 46.9 Å². The molecule has 0 aliphatic rings. The molecule has 1 amide bonds. The largest absolute Gasteiger partial charge is 0.478 e. The number of carbonyl (C=O) groups excluding carboxylic acids is 1. The summed E-state index contributed by atoms with van der Waals surface area (Å²) in [5.41, 5.74) is 2.97. The van der Waals surface area contributed by atoms with E-state index in [4.69, 9.17) is 9.52 Å². The summed E-state index contributed by atoms with van der Waals surface area (Å²) in [7, 11) is 0. The van der Waals surface area contributed by atoms with Crippen molar-refractivity contribution in [2.75, 3.05) is 0 Å². The number of nitrogens with zero attached hydrogens (tertiary/aromatic N) is 3. The van der Waals surface area contributed by atoms with Crippen LogP contribution in [0, 0.1) is 6.92 Å². The Labute approximate surface area is 189 Å². The molecule has 32 heavy (non-hydrogen) atoms. The molecule has 4 rings (SSSR count). The smallest absolute Gasteiger partial charge is 0.335 e. The van der Waals surface area contributed by atoms with Gasteiger partial charge in [0.2, 0.25) is 17.7 Å². The van der Waals surface area contributed by atoms with Gasteiger partial charge < -0.3 is 14.8 Å². The average Bonchev–Trinajstić information content (AvgIpc) is 3.39. The van der Waals surface area contributed by atoms with E-state index in [1.54, 1.807) is 23.5 Å². The van der Waals surface area contributed by atoms with Gasteiger partial charge in [-0.05, 0) is 42.3 Å². The van der Waals surface area contributed by atoms with Crippen LogP contribution in [-0.4, -0.2) is 32.2 Å². The molecule has 0 atom stereocenters. The van der Waals surface area contributed by atoms with Gasteiger partial charge in [-0.3, -0.25) is 4.79 Å². The van der Waals surface area contributed by atoms with E-state index in [9.17, 15) is 9.59 Å². The molecule has 0 radical (unpaired) electrons. The highest BCUT2D eigenvalue weighted by atomic mass is 32.1. The summed E-state index contributed by atoms with van der Waals surface area (Å²) < 4.78 is 6.69. The normalized spacial score (nSPS) is 10.5. The van der Waals surface area contributed by atoms with Crippen LogP contribution < -0.4 is 5.32 Å². The summed E-state index contributed by atoms with van der Waals surface area (Å²) in [6.07, 6.45) is 0.361. The van der Waals surface area contributed by atoms with Crippen molar-refractivity contribution in [3.05, 3.63) is 75.9 Å². The molecule has 0 bridgehead atoms. The number of carboxylic acid groups (broad SMARTS) is 1. The van der Waals surface area contributed by atoms with E-state index in [2.05, 4.69) is 20.5 Å². The van der Waals surface area contributed by atoms with Crippen LogP contribution in [0.1, 0.15) is 52.1 Å². The molecule has 2 heterocycles. The molecule has 0 saturated carbocycles. The Hall–Kier alpha value is -3.59. The van der Waals surface area contributed by atoms with Crippen molar-refractivity contribution in [1.29, 1.82) is 0 Å². The molecule has 2 N–H and O–H groups in total. The lowest BCUT2D eigenvalue weighted by Crippen LogP contribution is -2.24. The van der Waals surface area contributed by atoms with Gasteiger partial charge in [0.25, 0.3) is 0 Å². The number of carboxylic acids is 1. The minimum absolute atomic E-state index is 0.0509. The molecule has 0 aliphatic heterocycles. The molecule has 166 valence electrons. The SMILES string of the molecule is CC.Cc1ccc2sc(Cc3nnc(CC(=O)NCc4cccc(C(=O)O)c4)o3)nc2c1. The van der Waals surface area contributed by atoms with Crippen molar-refractivity contribution in [1.82, 2.24) is 20.5 Å². The van der Waals surface area contributed by atoms with E-state index in [1.165, 1.54) is 12.1 Å². The molecule has 0 aliphatic carbocycles. The van der Waals surface area contributed by atoms with Crippen LogP contribution in [-0.2, 0) is 24.2 Å². The highest BCUT2D eigenvalue weighted by Gasteiger charge is 2.14. The van der Waals surface area contributed by atoms with Gasteiger partial charge in [0.15, 0.2) is 0 Å². The fraction of sp³-hybridized carbons (Fsp3) is 0.261. The third kappa shape index (κ3) is 5.98. The Balaban J connectivity index is 0.00000141. The Kier molecular flexibility index (Phi) is 7.67. The number of benzene rings is 2. The Morgan fingerprint density at radius 3 is 2.66 bits per heavy atom. The number of fused-ring (bicyclic) bond motifs is 1. The number of hydrogen-bond donors (Lipinski definition) is 2.